The summed E-state index contributed by atoms with van der Waals surface area (Å²) in [7, 11) is 0. The average molecular weight is 256 g/mol. The first-order valence-corrected chi connectivity index (χ1v) is 6.09. The van der Waals surface area contributed by atoms with Crippen LogP contribution in [-0.2, 0) is 0 Å². The summed E-state index contributed by atoms with van der Waals surface area (Å²) in [5, 5.41) is 12.5. The lowest BCUT2D eigenvalue weighted by molar-refractivity contribution is 0.0698. The van der Waals surface area contributed by atoms with Crippen LogP contribution in [0.1, 0.15) is 34.5 Å². The summed E-state index contributed by atoms with van der Waals surface area (Å²) < 4.78 is 0. The zero-order valence-electron chi connectivity index (χ0n) is 10.9. The van der Waals surface area contributed by atoms with E-state index in [0.717, 1.165) is 11.1 Å². The highest BCUT2D eigenvalue weighted by Gasteiger charge is 2.14. The van der Waals surface area contributed by atoms with Crippen LogP contribution in [0.3, 0.4) is 0 Å². The number of carboxylic acid groups (broad SMARTS) is 1. The third kappa shape index (κ3) is 2.91. The van der Waals surface area contributed by atoms with Crippen LogP contribution in [0.5, 0.6) is 0 Å². The molecule has 0 amide bonds. The van der Waals surface area contributed by atoms with Gasteiger partial charge in [-0.1, -0.05) is 18.2 Å². The van der Waals surface area contributed by atoms with E-state index in [1.54, 1.807) is 24.5 Å². The summed E-state index contributed by atoms with van der Waals surface area (Å²) in [6.07, 6.45) is 3.49. The van der Waals surface area contributed by atoms with E-state index in [0.29, 0.717) is 5.69 Å². The number of carboxylic acids is 1. The number of rotatable bonds is 4. The molecule has 4 nitrogen and oxygen atoms in total. The van der Waals surface area contributed by atoms with Crippen molar-refractivity contribution < 1.29 is 9.90 Å². The van der Waals surface area contributed by atoms with Gasteiger partial charge in [0.1, 0.15) is 0 Å². The predicted molar refractivity (Wildman–Crippen MR) is 74.4 cm³/mol. The molecule has 2 rings (SSSR count). The number of hydrogen-bond acceptors (Lipinski definition) is 3. The van der Waals surface area contributed by atoms with Crippen LogP contribution in [-0.4, -0.2) is 16.1 Å². The van der Waals surface area contributed by atoms with Crippen molar-refractivity contribution in [2.45, 2.75) is 19.9 Å². The Bertz CT molecular complexity index is 582. The summed E-state index contributed by atoms with van der Waals surface area (Å²) >= 11 is 0. The monoisotopic (exact) mass is 256 g/mol. The number of nitrogens with one attached hydrogen (secondary N) is 1. The number of benzene rings is 1. The topological polar surface area (TPSA) is 62.2 Å². The van der Waals surface area contributed by atoms with Crippen molar-refractivity contribution in [3.8, 4) is 0 Å². The number of aromatic carboxylic acids is 1. The predicted octanol–water partition coefficient (Wildman–Crippen LogP) is 3.26. The Morgan fingerprint density at radius 3 is 2.74 bits per heavy atom. The highest BCUT2D eigenvalue weighted by Crippen LogP contribution is 2.25. The van der Waals surface area contributed by atoms with Gasteiger partial charge in [-0.2, -0.15) is 0 Å². The molecule has 2 N–H and O–H groups in total. The quantitative estimate of drug-likeness (QED) is 0.881. The minimum Gasteiger partial charge on any atom is -0.478 e. The molecular formula is C15H16N2O2. The Morgan fingerprint density at radius 2 is 2.11 bits per heavy atom. The van der Waals surface area contributed by atoms with Crippen LogP contribution in [0.4, 0.5) is 5.69 Å². The van der Waals surface area contributed by atoms with Gasteiger partial charge in [0.05, 0.1) is 17.3 Å². The average Bonchev–Trinajstić information content (AvgIpc) is 2.41. The van der Waals surface area contributed by atoms with Gasteiger partial charge in [-0.15, -0.1) is 0 Å². The third-order valence-corrected chi connectivity index (χ3v) is 3.05. The maximum absolute atomic E-state index is 11.2. The standard InChI is InChI=1S/C15H16N2O2/c1-10-5-3-7-13(15(18)19)14(10)17-11(2)12-6-4-8-16-9-12/h3-9,11,17H,1-2H3,(H,18,19). The van der Waals surface area contributed by atoms with Crippen LogP contribution in [0.25, 0.3) is 0 Å². The highest BCUT2D eigenvalue weighted by atomic mass is 16.4. The van der Waals surface area contributed by atoms with Crippen molar-refractivity contribution in [2.24, 2.45) is 0 Å². The molecule has 1 atom stereocenters. The molecule has 1 aromatic carbocycles. The zero-order chi connectivity index (χ0) is 13.8. The van der Waals surface area contributed by atoms with Crippen molar-refractivity contribution in [3.05, 3.63) is 59.4 Å². The van der Waals surface area contributed by atoms with E-state index >= 15 is 0 Å². The molecule has 0 saturated carbocycles. The van der Waals surface area contributed by atoms with E-state index in [1.807, 2.05) is 32.0 Å². The fourth-order valence-electron chi connectivity index (χ4n) is 1.97. The molecule has 0 aliphatic carbocycles. The molecule has 0 spiro atoms. The second kappa shape index (κ2) is 5.52. The maximum Gasteiger partial charge on any atom is 0.337 e. The van der Waals surface area contributed by atoms with Crippen LogP contribution < -0.4 is 5.32 Å². The second-order valence-electron chi connectivity index (χ2n) is 4.46. The molecule has 1 aromatic heterocycles. The fourth-order valence-corrected chi connectivity index (χ4v) is 1.97. The number of nitrogens with zero attached hydrogens (tertiary/aromatic N) is 1. The number of aryl methyl sites for hydroxylation is 1. The second-order valence-corrected chi connectivity index (χ2v) is 4.46. The number of para-hydroxylation sites is 1. The summed E-state index contributed by atoms with van der Waals surface area (Å²) in [5.74, 6) is -0.926. The van der Waals surface area contributed by atoms with Crippen LogP contribution in [0.2, 0.25) is 0 Å². The van der Waals surface area contributed by atoms with E-state index < -0.39 is 5.97 Å². The first-order chi connectivity index (χ1) is 9.09. The summed E-state index contributed by atoms with van der Waals surface area (Å²) in [6, 6.07) is 9.07. The maximum atomic E-state index is 11.2. The molecule has 0 saturated heterocycles. The van der Waals surface area contributed by atoms with Crippen molar-refractivity contribution in [1.29, 1.82) is 0 Å². The van der Waals surface area contributed by atoms with E-state index in [9.17, 15) is 9.90 Å². The first-order valence-electron chi connectivity index (χ1n) is 6.09. The first kappa shape index (κ1) is 13.1. The van der Waals surface area contributed by atoms with Gasteiger partial charge in [-0.3, -0.25) is 4.98 Å². The lowest BCUT2D eigenvalue weighted by Gasteiger charge is -2.18. The molecular weight excluding hydrogens is 240 g/mol. The van der Waals surface area contributed by atoms with Gasteiger partial charge in [0.25, 0.3) is 0 Å². The summed E-state index contributed by atoms with van der Waals surface area (Å²) in [6.45, 7) is 3.87. The van der Waals surface area contributed by atoms with Gasteiger partial charge in [0, 0.05) is 12.4 Å². The van der Waals surface area contributed by atoms with Gasteiger partial charge in [-0.05, 0) is 37.1 Å². The number of hydrogen-bond donors (Lipinski definition) is 2. The molecule has 0 aliphatic rings. The zero-order valence-corrected chi connectivity index (χ0v) is 10.9. The molecule has 0 radical (unpaired) electrons. The molecule has 2 aromatic rings. The Hall–Kier alpha value is -2.36. The van der Waals surface area contributed by atoms with E-state index in [4.69, 9.17) is 0 Å². The van der Waals surface area contributed by atoms with Crippen LogP contribution >= 0.6 is 0 Å². The lowest BCUT2D eigenvalue weighted by Crippen LogP contribution is -2.12. The molecule has 1 heterocycles. The van der Waals surface area contributed by atoms with E-state index in [1.165, 1.54) is 0 Å². The highest BCUT2D eigenvalue weighted by molar-refractivity contribution is 5.95. The summed E-state index contributed by atoms with van der Waals surface area (Å²) in [5.41, 5.74) is 2.87. The molecule has 0 fully saturated rings. The Labute approximate surface area is 112 Å². The largest absolute Gasteiger partial charge is 0.478 e. The SMILES string of the molecule is Cc1cccc(C(=O)O)c1NC(C)c1cccnc1. The molecule has 0 bridgehead atoms. The normalized spacial score (nSPS) is 11.9. The van der Waals surface area contributed by atoms with Crippen molar-refractivity contribution in [3.63, 3.8) is 0 Å². The minimum atomic E-state index is -0.926. The molecule has 0 aliphatic heterocycles. The minimum absolute atomic E-state index is 0.00657. The Kier molecular flexibility index (Phi) is 3.80. The van der Waals surface area contributed by atoms with Crippen molar-refractivity contribution >= 4 is 11.7 Å². The molecule has 1 unspecified atom stereocenters. The van der Waals surface area contributed by atoms with Crippen LogP contribution in [0, 0.1) is 6.92 Å². The fraction of sp³-hybridized carbons (Fsp3) is 0.200. The Balaban J connectivity index is 2.31. The number of pyridine rings is 1. The lowest BCUT2D eigenvalue weighted by atomic mass is 10.1. The Morgan fingerprint density at radius 1 is 1.32 bits per heavy atom. The molecule has 98 valence electrons. The van der Waals surface area contributed by atoms with Gasteiger partial charge in [-0.25, -0.2) is 4.79 Å². The smallest absolute Gasteiger partial charge is 0.337 e. The number of anilines is 1. The van der Waals surface area contributed by atoms with Crippen LogP contribution in [0.15, 0.2) is 42.7 Å². The van der Waals surface area contributed by atoms with E-state index in [-0.39, 0.29) is 11.6 Å². The van der Waals surface area contributed by atoms with Gasteiger partial charge < -0.3 is 10.4 Å². The van der Waals surface area contributed by atoms with E-state index in [2.05, 4.69) is 10.3 Å². The third-order valence-electron chi connectivity index (χ3n) is 3.05. The molecule has 19 heavy (non-hydrogen) atoms. The molecule has 4 heteroatoms. The number of carbonyl (C=O) groups is 1. The number of aromatic nitrogens is 1. The van der Waals surface area contributed by atoms with Crippen molar-refractivity contribution in [1.82, 2.24) is 4.98 Å². The summed E-state index contributed by atoms with van der Waals surface area (Å²) in [4.78, 5) is 15.3. The van der Waals surface area contributed by atoms with Gasteiger partial charge >= 0.3 is 5.97 Å². The van der Waals surface area contributed by atoms with Gasteiger partial charge in [0.2, 0.25) is 0 Å². The van der Waals surface area contributed by atoms with Gasteiger partial charge in [0.15, 0.2) is 0 Å². The van der Waals surface area contributed by atoms with Crippen molar-refractivity contribution in [2.75, 3.05) is 5.32 Å².